The minimum Gasteiger partial charge on any atom is -0.748 e. The number of thioether (sulfide) groups is 1. The maximum absolute atomic E-state index is 12.8. The first-order valence-corrected chi connectivity index (χ1v) is 16.2. The number of carbonyl (C=O) groups is 3. The van der Waals surface area contributed by atoms with Gasteiger partial charge in [-0.2, -0.15) is 0 Å². The minimum absolute atomic E-state index is 0. The third-order valence-electron chi connectivity index (χ3n) is 6.24. The second-order valence-corrected chi connectivity index (χ2v) is 13.6. The Hall–Kier alpha value is -2.76. The number of nitrogens with zero attached hydrogens (tertiary/aromatic N) is 2. The third-order valence-corrected chi connectivity index (χ3v) is 9.97. The Bertz CT molecular complexity index is 1750. The van der Waals surface area contributed by atoms with Crippen LogP contribution in [-0.2, 0) is 34.3 Å². The summed E-state index contributed by atoms with van der Waals surface area (Å²) in [5.41, 5.74) is 1.31. The van der Waals surface area contributed by atoms with Crippen LogP contribution in [0.2, 0.25) is 0 Å². The van der Waals surface area contributed by atoms with E-state index in [9.17, 15) is 35.8 Å². The summed E-state index contributed by atoms with van der Waals surface area (Å²) in [4.78, 5) is 39.1. The first-order chi connectivity index (χ1) is 19.8. The summed E-state index contributed by atoms with van der Waals surface area (Å²) in [5.74, 6) is -2.83. The molecule has 43 heavy (non-hydrogen) atoms. The fourth-order valence-electron chi connectivity index (χ4n) is 4.23. The van der Waals surface area contributed by atoms with Gasteiger partial charge in [-0.15, -0.1) is 0 Å². The second kappa shape index (κ2) is 14.3. The molecule has 2 heterocycles. The summed E-state index contributed by atoms with van der Waals surface area (Å²) in [7, 11) is -6.86. The van der Waals surface area contributed by atoms with Crippen LogP contribution in [0.3, 0.4) is 0 Å². The Labute approximate surface area is 275 Å². The van der Waals surface area contributed by atoms with Crippen molar-refractivity contribution in [1.82, 2.24) is 0 Å². The molecule has 4 rings (SSSR count). The minimum atomic E-state index is -4.43. The van der Waals surface area contributed by atoms with E-state index in [0.29, 0.717) is 21.3 Å². The number of ether oxygens (including phenoxy) is 1. The maximum atomic E-state index is 12.8. The zero-order chi connectivity index (χ0) is 30.7. The van der Waals surface area contributed by atoms with Gasteiger partial charge in [0.2, 0.25) is 15.6 Å². The summed E-state index contributed by atoms with van der Waals surface area (Å²) in [6, 6.07) is 11.1. The van der Waals surface area contributed by atoms with E-state index in [1.54, 1.807) is 47.4 Å². The number of carboxylic acid groups (broad SMARTS) is 1. The van der Waals surface area contributed by atoms with Crippen LogP contribution >= 0.6 is 11.8 Å². The summed E-state index contributed by atoms with van der Waals surface area (Å²) >= 11 is 1.30. The van der Waals surface area contributed by atoms with Crippen molar-refractivity contribution in [3.8, 4) is 0 Å². The molecule has 0 bridgehead atoms. The van der Waals surface area contributed by atoms with Crippen LogP contribution in [0.5, 0.6) is 0 Å². The molecule has 2 aliphatic rings. The molecular formula is C27H25N2NaO10S3. The van der Waals surface area contributed by atoms with E-state index in [1.165, 1.54) is 48.0 Å². The van der Waals surface area contributed by atoms with Gasteiger partial charge in [0.1, 0.15) is 18.1 Å². The van der Waals surface area contributed by atoms with Crippen LogP contribution in [-0.4, -0.2) is 76.7 Å². The number of carbonyl (C=O) groups excluding carboxylic acids is 2. The zero-order valence-electron chi connectivity index (χ0n) is 23.1. The van der Waals surface area contributed by atoms with Crippen molar-refractivity contribution in [1.29, 1.82) is 0 Å². The van der Waals surface area contributed by atoms with Crippen LogP contribution in [0.1, 0.15) is 16.8 Å². The number of carboxylic acids is 1. The van der Waals surface area contributed by atoms with E-state index < -0.39 is 56.6 Å². The van der Waals surface area contributed by atoms with Gasteiger partial charge in [-0.3, -0.25) is 9.59 Å². The van der Waals surface area contributed by atoms with Crippen molar-refractivity contribution >= 4 is 60.8 Å². The molecule has 0 spiro atoms. The number of ketones is 1. The zero-order valence-corrected chi connectivity index (χ0v) is 27.6. The number of rotatable bonds is 11. The van der Waals surface area contributed by atoms with Gasteiger partial charge >= 0.3 is 35.5 Å². The molecule has 0 unspecified atom stereocenters. The maximum Gasteiger partial charge on any atom is 1.00 e. The Kier molecular flexibility index (Phi) is 11.6. The van der Waals surface area contributed by atoms with Crippen molar-refractivity contribution in [2.24, 2.45) is 0 Å². The van der Waals surface area contributed by atoms with E-state index in [4.69, 9.17) is 9.84 Å². The monoisotopic (exact) mass is 656 g/mol. The molecule has 0 aromatic heterocycles. The van der Waals surface area contributed by atoms with Crippen molar-refractivity contribution < 1.29 is 75.2 Å². The predicted molar refractivity (Wildman–Crippen MR) is 154 cm³/mol. The number of hydrogen-bond acceptors (Lipinski definition) is 11. The van der Waals surface area contributed by atoms with E-state index in [1.807, 2.05) is 0 Å². The van der Waals surface area contributed by atoms with Gasteiger partial charge in [0, 0.05) is 35.5 Å². The van der Waals surface area contributed by atoms with Gasteiger partial charge in [-0.05, 0) is 48.9 Å². The molecular weight excluding hydrogens is 631 g/mol. The fourth-order valence-corrected chi connectivity index (χ4v) is 7.40. The van der Waals surface area contributed by atoms with Gasteiger partial charge in [0.15, 0.2) is 0 Å². The molecule has 0 saturated heterocycles. The number of amides is 1. The smallest absolute Gasteiger partial charge is 0.748 e. The van der Waals surface area contributed by atoms with Gasteiger partial charge < -0.3 is 24.2 Å². The normalized spacial score (nSPS) is 17.3. The van der Waals surface area contributed by atoms with Gasteiger partial charge in [0.05, 0.1) is 25.7 Å². The van der Waals surface area contributed by atoms with Crippen LogP contribution in [0.15, 0.2) is 86.5 Å². The standard InChI is InChI=1S/C27H26N2O10S3.Na/c1-28(24(30)16-39-17-26(31)32)18-11-12-20-21(15-18)40-25(29(20)13-6-14-41(34,35)36)10-5-4-9-23-27(33)19-7-2-3-8-22(19)42(23,37)38;/h2-5,7-12,15H,6,13-14,16-17H2,1H3,(H,31,32)(H,34,35,36);/q;+1/p-1. The molecule has 0 saturated carbocycles. The van der Waals surface area contributed by atoms with E-state index in [0.717, 1.165) is 0 Å². The Morgan fingerprint density at radius 1 is 1.12 bits per heavy atom. The number of aliphatic carboxylic acids is 1. The second-order valence-electron chi connectivity index (χ2n) is 9.11. The molecule has 0 atom stereocenters. The van der Waals surface area contributed by atoms with Crippen molar-refractivity contribution in [2.45, 2.75) is 16.2 Å². The molecule has 2 aliphatic heterocycles. The third kappa shape index (κ3) is 8.25. The molecule has 2 aromatic rings. The SMILES string of the molecule is CN(C(=O)COCC(=O)O)c1ccc2c(c1)SC(=CC=CC=C1C(=O)c3ccccc3S1(=O)=O)N2CCCS(=O)(=O)[O-].[Na+]. The van der Waals surface area contributed by atoms with E-state index in [2.05, 4.69) is 0 Å². The molecule has 2 aromatic carbocycles. The van der Waals surface area contributed by atoms with Gasteiger partial charge in [-0.25, -0.2) is 21.6 Å². The first-order valence-electron chi connectivity index (χ1n) is 12.4. The number of hydrogen-bond donors (Lipinski definition) is 1. The summed E-state index contributed by atoms with van der Waals surface area (Å²) in [5, 5.41) is 9.31. The van der Waals surface area contributed by atoms with E-state index >= 15 is 0 Å². The quantitative estimate of drug-likeness (QED) is 0.188. The largest absolute Gasteiger partial charge is 1.00 e. The van der Waals surface area contributed by atoms with Crippen molar-refractivity contribution in [3.05, 3.63) is 82.3 Å². The molecule has 16 heteroatoms. The predicted octanol–water partition coefficient (Wildman–Crippen LogP) is -0.446. The number of fused-ring (bicyclic) bond motifs is 2. The molecule has 12 nitrogen and oxygen atoms in total. The number of benzene rings is 2. The molecule has 1 N–H and O–H groups in total. The van der Waals surface area contributed by atoms with Crippen molar-refractivity contribution in [2.75, 3.05) is 42.4 Å². The summed E-state index contributed by atoms with van der Waals surface area (Å²) < 4.78 is 63.9. The van der Waals surface area contributed by atoms with Crippen LogP contribution in [0.4, 0.5) is 11.4 Å². The summed E-state index contributed by atoms with van der Waals surface area (Å²) in [6.07, 6.45) is 5.88. The Morgan fingerprint density at radius 3 is 2.49 bits per heavy atom. The fraction of sp³-hybridized carbons (Fsp3) is 0.222. The number of allylic oxidation sites excluding steroid dienone is 5. The van der Waals surface area contributed by atoms with Crippen molar-refractivity contribution in [3.63, 3.8) is 0 Å². The molecule has 1 amide bonds. The average Bonchev–Trinajstić information content (AvgIpc) is 3.36. The number of sulfone groups is 1. The molecule has 0 aliphatic carbocycles. The summed E-state index contributed by atoms with van der Waals surface area (Å²) in [6.45, 7) is -0.863. The Balaban J connectivity index is 0.00000506. The first kappa shape index (κ1) is 34.7. The van der Waals surface area contributed by atoms with Crippen LogP contribution in [0.25, 0.3) is 0 Å². The number of anilines is 2. The number of Topliss-reactive ketones (excluding diaryl/α,β-unsaturated/α-hetero) is 1. The van der Waals surface area contributed by atoms with Crippen LogP contribution < -0.4 is 39.4 Å². The van der Waals surface area contributed by atoms with Crippen LogP contribution in [0, 0.1) is 0 Å². The van der Waals surface area contributed by atoms with E-state index in [-0.39, 0.29) is 57.9 Å². The van der Waals surface area contributed by atoms with Gasteiger partial charge in [-0.1, -0.05) is 36.0 Å². The van der Waals surface area contributed by atoms with Gasteiger partial charge in [0.25, 0.3) is 5.91 Å². The molecule has 0 radical (unpaired) electrons. The molecule has 222 valence electrons. The topological polar surface area (TPSA) is 178 Å². The number of likely N-dealkylation sites (N-methyl/N-ethyl adjacent to an activating group) is 1. The molecule has 0 fully saturated rings. The average molecular weight is 657 g/mol. The Morgan fingerprint density at radius 2 is 1.81 bits per heavy atom.